The van der Waals surface area contributed by atoms with Crippen LogP contribution in [-0.4, -0.2) is 60.3 Å². The zero-order chi connectivity index (χ0) is 14.5. The fourth-order valence-electron chi connectivity index (χ4n) is 3.14. The molecule has 0 aromatic heterocycles. The van der Waals surface area contributed by atoms with Gasteiger partial charge in [-0.05, 0) is 25.0 Å². The van der Waals surface area contributed by atoms with Gasteiger partial charge >= 0.3 is 0 Å². The van der Waals surface area contributed by atoms with Gasteiger partial charge in [-0.2, -0.15) is 0 Å². The Morgan fingerprint density at radius 3 is 2.40 bits per heavy atom. The quantitative estimate of drug-likeness (QED) is 0.843. The molecule has 4 heteroatoms. The highest BCUT2D eigenvalue weighted by Gasteiger charge is 2.28. The molecular formula is C16H27N3O. The molecule has 0 aliphatic carbocycles. The van der Waals surface area contributed by atoms with Gasteiger partial charge in [0.2, 0.25) is 0 Å². The van der Waals surface area contributed by atoms with E-state index < -0.39 is 0 Å². The van der Waals surface area contributed by atoms with Gasteiger partial charge in [0.1, 0.15) is 0 Å². The van der Waals surface area contributed by atoms with E-state index in [1.165, 1.54) is 11.1 Å². The molecule has 1 aromatic carbocycles. The van der Waals surface area contributed by atoms with Crippen molar-refractivity contribution < 1.29 is 5.11 Å². The van der Waals surface area contributed by atoms with E-state index >= 15 is 0 Å². The lowest BCUT2D eigenvalue weighted by atomic mass is 9.94. The van der Waals surface area contributed by atoms with E-state index in [9.17, 15) is 0 Å². The molecule has 2 unspecified atom stereocenters. The highest BCUT2D eigenvalue weighted by atomic mass is 16.3. The first-order valence-electron chi connectivity index (χ1n) is 7.52. The number of rotatable bonds is 5. The average Bonchev–Trinajstić information content (AvgIpc) is 2.43. The third kappa shape index (κ3) is 3.58. The molecule has 2 atom stereocenters. The van der Waals surface area contributed by atoms with Gasteiger partial charge in [-0.25, -0.2) is 0 Å². The Balaban J connectivity index is 2.09. The normalized spacial score (nSPS) is 20.8. The predicted molar refractivity (Wildman–Crippen MR) is 82.7 cm³/mol. The Hall–Kier alpha value is -0.940. The summed E-state index contributed by atoms with van der Waals surface area (Å²) in [6, 6.07) is 8.93. The molecule has 0 amide bonds. The minimum absolute atomic E-state index is 0.112. The van der Waals surface area contributed by atoms with Crippen LogP contribution in [0.25, 0.3) is 0 Å². The summed E-state index contributed by atoms with van der Waals surface area (Å²) in [5.74, 6) is 0. The zero-order valence-corrected chi connectivity index (χ0v) is 12.6. The van der Waals surface area contributed by atoms with E-state index in [0.29, 0.717) is 0 Å². The molecule has 4 nitrogen and oxygen atoms in total. The maximum atomic E-state index is 9.02. The summed E-state index contributed by atoms with van der Waals surface area (Å²) < 4.78 is 0. The second kappa shape index (κ2) is 7.18. The molecule has 1 aromatic rings. The smallest absolute Gasteiger partial charge is 0.0558 e. The van der Waals surface area contributed by atoms with Crippen LogP contribution in [-0.2, 0) is 0 Å². The molecule has 20 heavy (non-hydrogen) atoms. The van der Waals surface area contributed by atoms with Crippen LogP contribution in [0.15, 0.2) is 24.3 Å². The lowest BCUT2D eigenvalue weighted by molar-refractivity contribution is 0.0758. The Kier molecular flexibility index (Phi) is 5.54. The minimum atomic E-state index is 0.112. The third-order valence-corrected chi connectivity index (χ3v) is 4.22. The molecule has 1 saturated heterocycles. The summed E-state index contributed by atoms with van der Waals surface area (Å²) in [5.41, 5.74) is 8.92. The maximum Gasteiger partial charge on any atom is 0.0558 e. The number of nitrogens with zero attached hydrogens (tertiary/aromatic N) is 2. The van der Waals surface area contributed by atoms with Crippen molar-refractivity contribution in [3.05, 3.63) is 35.4 Å². The lowest BCUT2D eigenvalue weighted by Gasteiger charge is -2.41. The largest absolute Gasteiger partial charge is 0.395 e. The van der Waals surface area contributed by atoms with E-state index in [1.807, 2.05) is 0 Å². The highest BCUT2D eigenvalue weighted by molar-refractivity contribution is 5.30. The number of hydrogen-bond acceptors (Lipinski definition) is 4. The molecule has 3 N–H and O–H groups in total. The molecule has 0 radical (unpaired) electrons. The average molecular weight is 277 g/mol. The molecule has 2 rings (SSSR count). The highest BCUT2D eigenvalue weighted by Crippen LogP contribution is 2.27. The summed E-state index contributed by atoms with van der Waals surface area (Å²) in [6.45, 7) is 9.33. The monoisotopic (exact) mass is 277 g/mol. The molecule has 112 valence electrons. The predicted octanol–water partition coefficient (Wildman–Crippen LogP) is 0.993. The number of aliphatic hydroxyl groups is 1. The fraction of sp³-hybridized carbons (Fsp3) is 0.625. The number of β-amino-alcohol motifs (C(OH)–C–C–N with tert-alkyl or cyclic N) is 1. The van der Waals surface area contributed by atoms with Crippen molar-refractivity contribution in [3.63, 3.8) is 0 Å². The van der Waals surface area contributed by atoms with Crippen LogP contribution < -0.4 is 5.73 Å². The first kappa shape index (κ1) is 15.4. The van der Waals surface area contributed by atoms with Gasteiger partial charge in [0.25, 0.3) is 0 Å². The molecule has 0 saturated carbocycles. The van der Waals surface area contributed by atoms with Gasteiger partial charge in [0, 0.05) is 44.8 Å². The number of hydrogen-bond donors (Lipinski definition) is 2. The summed E-state index contributed by atoms with van der Waals surface area (Å²) in [4.78, 5) is 4.80. The van der Waals surface area contributed by atoms with Crippen molar-refractivity contribution in [2.24, 2.45) is 5.73 Å². The number of piperazine rings is 1. The van der Waals surface area contributed by atoms with Crippen molar-refractivity contribution in [3.8, 4) is 0 Å². The number of aryl methyl sites for hydroxylation is 1. The SMILES string of the molecule is Cc1ccccc1C(C(C)N)N1CCN(CCO)CC1. The summed E-state index contributed by atoms with van der Waals surface area (Å²) in [6.07, 6.45) is 0. The van der Waals surface area contributed by atoms with Gasteiger partial charge < -0.3 is 10.8 Å². The number of aliphatic hydroxyl groups excluding tert-OH is 1. The second-order valence-electron chi connectivity index (χ2n) is 5.76. The van der Waals surface area contributed by atoms with Crippen LogP contribution in [0.5, 0.6) is 0 Å². The van der Waals surface area contributed by atoms with Crippen molar-refractivity contribution in [2.75, 3.05) is 39.3 Å². The third-order valence-electron chi connectivity index (χ3n) is 4.22. The van der Waals surface area contributed by atoms with Crippen LogP contribution >= 0.6 is 0 Å². The first-order chi connectivity index (χ1) is 9.63. The maximum absolute atomic E-state index is 9.02. The summed E-state index contributed by atoms with van der Waals surface area (Å²) >= 11 is 0. The fourth-order valence-corrected chi connectivity index (χ4v) is 3.14. The summed E-state index contributed by atoms with van der Waals surface area (Å²) in [7, 11) is 0. The Bertz CT molecular complexity index is 414. The number of nitrogens with two attached hydrogens (primary N) is 1. The molecular weight excluding hydrogens is 250 g/mol. The standard InChI is InChI=1S/C16H27N3O/c1-13-5-3-4-6-15(13)16(14(2)17)19-9-7-18(8-10-19)11-12-20/h3-6,14,16,20H,7-12,17H2,1-2H3. The summed E-state index contributed by atoms with van der Waals surface area (Å²) in [5, 5.41) is 9.02. The van der Waals surface area contributed by atoms with E-state index in [2.05, 4.69) is 47.9 Å². The van der Waals surface area contributed by atoms with Crippen molar-refractivity contribution in [1.29, 1.82) is 0 Å². The molecule has 1 aliphatic rings. The van der Waals surface area contributed by atoms with E-state index in [0.717, 1.165) is 32.7 Å². The second-order valence-corrected chi connectivity index (χ2v) is 5.76. The van der Waals surface area contributed by atoms with Crippen LogP contribution in [0.1, 0.15) is 24.1 Å². The van der Waals surface area contributed by atoms with Gasteiger partial charge in [-0.3, -0.25) is 9.80 Å². The van der Waals surface area contributed by atoms with E-state index in [1.54, 1.807) is 0 Å². The Morgan fingerprint density at radius 2 is 1.85 bits per heavy atom. The van der Waals surface area contributed by atoms with Gasteiger partial charge in [-0.1, -0.05) is 24.3 Å². The van der Waals surface area contributed by atoms with E-state index in [-0.39, 0.29) is 18.7 Å². The molecule has 1 heterocycles. The molecule has 0 bridgehead atoms. The van der Waals surface area contributed by atoms with Crippen LogP contribution in [0.2, 0.25) is 0 Å². The lowest BCUT2D eigenvalue weighted by Crippen LogP contribution is -2.51. The van der Waals surface area contributed by atoms with Gasteiger partial charge in [0.05, 0.1) is 6.61 Å². The Labute approximate surface area is 122 Å². The van der Waals surface area contributed by atoms with Gasteiger partial charge in [0.15, 0.2) is 0 Å². The van der Waals surface area contributed by atoms with Crippen LogP contribution in [0.3, 0.4) is 0 Å². The molecule has 1 fully saturated rings. The zero-order valence-electron chi connectivity index (χ0n) is 12.6. The van der Waals surface area contributed by atoms with Crippen LogP contribution in [0.4, 0.5) is 0 Å². The minimum Gasteiger partial charge on any atom is -0.395 e. The molecule has 1 aliphatic heterocycles. The van der Waals surface area contributed by atoms with Crippen LogP contribution in [0, 0.1) is 6.92 Å². The van der Waals surface area contributed by atoms with Gasteiger partial charge in [-0.15, -0.1) is 0 Å². The first-order valence-corrected chi connectivity index (χ1v) is 7.52. The Morgan fingerprint density at radius 1 is 1.20 bits per heavy atom. The van der Waals surface area contributed by atoms with Crippen molar-refractivity contribution in [2.45, 2.75) is 25.9 Å². The van der Waals surface area contributed by atoms with Crippen molar-refractivity contribution in [1.82, 2.24) is 9.80 Å². The van der Waals surface area contributed by atoms with E-state index in [4.69, 9.17) is 10.8 Å². The topological polar surface area (TPSA) is 52.7 Å². The number of benzene rings is 1. The molecule has 0 spiro atoms. The van der Waals surface area contributed by atoms with Crippen molar-refractivity contribution >= 4 is 0 Å².